The van der Waals surface area contributed by atoms with E-state index in [1.807, 2.05) is 13.8 Å². The summed E-state index contributed by atoms with van der Waals surface area (Å²) in [6, 6.07) is 4.23. The number of nitrogens with zero attached hydrogens (tertiary/aromatic N) is 2. The highest BCUT2D eigenvalue weighted by atomic mass is 35.5. The number of carbonyl (C=O) groups is 1. The second-order valence-corrected chi connectivity index (χ2v) is 8.08. The van der Waals surface area contributed by atoms with Crippen LogP contribution in [0, 0.1) is 0 Å². The van der Waals surface area contributed by atoms with Crippen molar-refractivity contribution in [2.45, 2.75) is 65.0 Å². The smallest absolute Gasteiger partial charge is 0.254 e. The molecule has 6 heteroatoms. The summed E-state index contributed by atoms with van der Waals surface area (Å²) in [6.45, 7) is 10.4. The molecule has 0 atom stereocenters. The van der Waals surface area contributed by atoms with Gasteiger partial charge in [0.05, 0.1) is 18.2 Å². The van der Waals surface area contributed by atoms with Crippen LogP contribution in [-0.4, -0.2) is 60.6 Å². The van der Waals surface area contributed by atoms with Crippen LogP contribution in [0.4, 0.5) is 0 Å². The maximum absolute atomic E-state index is 13.5. The summed E-state index contributed by atoms with van der Waals surface area (Å²) in [6.07, 6.45) is 5.17. The van der Waals surface area contributed by atoms with Crippen molar-refractivity contribution in [1.82, 2.24) is 9.80 Å². The Kier molecular flexibility index (Phi) is 7.47. The van der Waals surface area contributed by atoms with E-state index >= 15 is 0 Å². The molecule has 2 fully saturated rings. The molecule has 0 bridgehead atoms. The first kappa shape index (κ1) is 21.3. The van der Waals surface area contributed by atoms with Crippen molar-refractivity contribution in [3.05, 3.63) is 22.7 Å². The molecule has 1 aliphatic carbocycles. The lowest BCUT2D eigenvalue weighted by Gasteiger charge is -2.38. The predicted molar refractivity (Wildman–Crippen MR) is 113 cm³/mol. The molecule has 156 valence electrons. The lowest BCUT2D eigenvalue weighted by atomic mass is 10.0. The van der Waals surface area contributed by atoms with Crippen LogP contribution < -0.4 is 9.47 Å². The second kappa shape index (κ2) is 9.84. The van der Waals surface area contributed by atoms with Crippen molar-refractivity contribution in [2.75, 3.05) is 32.8 Å². The van der Waals surface area contributed by atoms with Crippen molar-refractivity contribution >= 4 is 17.5 Å². The molecule has 5 nitrogen and oxygen atoms in total. The largest absolute Gasteiger partial charge is 0.490 e. The third kappa shape index (κ3) is 4.93. The molecule has 0 spiro atoms. The minimum absolute atomic E-state index is 0.0716. The standard InChI is InChI=1S/C22H33ClN2O3/c1-4-13-28-21-19(23)14-16(15-20(21)27-6-3)22(26)25(17-7-8-17)18-9-11-24(5-2)12-10-18/h14-15,17-18H,4-13H2,1-3H3. The van der Waals surface area contributed by atoms with Gasteiger partial charge in [-0.25, -0.2) is 0 Å². The highest BCUT2D eigenvalue weighted by Crippen LogP contribution is 2.39. The monoisotopic (exact) mass is 408 g/mol. The Balaban J connectivity index is 1.82. The van der Waals surface area contributed by atoms with Gasteiger partial charge in [0.2, 0.25) is 0 Å². The number of hydrogen-bond donors (Lipinski definition) is 0. The minimum Gasteiger partial charge on any atom is -0.490 e. The van der Waals surface area contributed by atoms with Crippen molar-refractivity contribution in [2.24, 2.45) is 0 Å². The quantitative estimate of drug-likeness (QED) is 0.598. The molecular weight excluding hydrogens is 376 g/mol. The van der Waals surface area contributed by atoms with Crippen LogP contribution in [-0.2, 0) is 0 Å². The van der Waals surface area contributed by atoms with E-state index in [4.69, 9.17) is 21.1 Å². The highest BCUT2D eigenvalue weighted by molar-refractivity contribution is 6.32. The summed E-state index contributed by atoms with van der Waals surface area (Å²) in [5.74, 6) is 1.17. The van der Waals surface area contributed by atoms with Gasteiger partial charge in [-0.15, -0.1) is 0 Å². The molecule has 3 rings (SSSR count). The van der Waals surface area contributed by atoms with Gasteiger partial charge in [-0.05, 0) is 57.7 Å². The average Bonchev–Trinajstić information content (AvgIpc) is 3.53. The number of piperidine rings is 1. The number of ether oxygens (including phenoxy) is 2. The summed E-state index contributed by atoms with van der Waals surface area (Å²) in [4.78, 5) is 18.0. The van der Waals surface area contributed by atoms with Crippen LogP contribution in [0.3, 0.4) is 0 Å². The van der Waals surface area contributed by atoms with Gasteiger partial charge >= 0.3 is 0 Å². The normalized spacial score (nSPS) is 18.1. The Morgan fingerprint density at radius 1 is 1.11 bits per heavy atom. The van der Waals surface area contributed by atoms with Crippen LogP contribution in [0.1, 0.15) is 63.2 Å². The maximum atomic E-state index is 13.5. The lowest BCUT2D eigenvalue weighted by molar-refractivity contribution is 0.0554. The van der Waals surface area contributed by atoms with Gasteiger partial charge in [0.25, 0.3) is 5.91 Å². The van der Waals surface area contributed by atoms with Gasteiger partial charge in [-0.1, -0.05) is 25.4 Å². The molecule has 1 aromatic rings. The third-order valence-corrected chi connectivity index (χ3v) is 5.86. The van der Waals surface area contributed by atoms with E-state index in [1.54, 1.807) is 12.1 Å². The fraction of sp³-hybridized carbons (Fsp3) is 0.682. The summed E-state index contributed by atoms with van der Waals surface area (Å²) in [7, 11) is 0. The number of amides is 1. The van der Waals surface area contributed by atoms with Crippen molar-refractivity contribution in [1.29, 1.82) is 0 Å². The molecule has 2 aliphatic rings. The Morgan fingerprint density at radius 2 is 1.79 bits per heavy atom. The van der Waals surface area contributed by atoms with E-state index in [0.717, 1.165) is 51.7 Å². The van der Waals surface area contributed by atoms with Crippen LogP contribution in [0.2, 0.25) is 5.02 Å². The zero-order valence-corrected chi connectivity index (χ0v) is 18.1. The molecule has 1 heterocycles. The topological polar surface area (TPSA) is 42.0 Å². The van der Waals surface area contributed by atoms with E-state index < -0.39 is 0 Å². The number of hydrogen-bond acceptors (Lipinski definition) is 4. The number of rotatable bonds is 9. The van der Waals surface area contributed by atoms with Crippen LogP contribution in [0.5, 0.6) is 11.5 Å². The van der Waals surface area contributed by atoms with Crippen molar-refractivity contribution in [3.63, 3.8) is 0 Å². The molecular formula is C22H33ClN2O3. The first-order valence-electron chi connectivity index (χ1n) is 10.7. The fourth-order valence-corrected chi connectivity index (χ4v) is 4.21. The van der Waals surface area contributed by atoms with Gasteiger partial charge < -0.3 is 19.3 Å². The number of halogens is 1. The summed E-state index contributed by atoms with van der Waals surface area (Å²) in [5, 5.41) is 0.444. The molecule has 1 saturated heterocycles. The van der Waals surface area contributed by atoms with Gasteiger partial charge in [-0.3, -0.25) is 4.79 Å². The van der Waals surface area contributed by atoms with Gasteiger partial charge in [0.15, 0.2) is 11.5 Å². The number of benzene rings is 1. The van der Waals surface area contributed by atoms with Crippen LogP contribution >= 0.6 is 11.6 Å². The number of carbonyl (C=O) groups excluding carboxylic acids is 1. The zero-order chi connectivity index (χ0) is 20.1. The summed E-state index contributed by atoms with van der Waals surface area (Å²) < 4.78 is 11.5. The van der Waals surface area contributed by atoms with Crippen molar-refractivity contribution < 1.29 is 14.3 Å². The van der Waals surface area contributed by atoms with Crippen LogP contribution in [0.25, 0.3) is 0 Å². The summed E-state index contributed by atoms with van der Waals surface area (Å²) >= 11 is 6.49. The average molecular weight is 409 g/mol. The number of likely N-dealkylation sites (tertiary alicyclic amines) is 1. The molecule has 0 N–H and O–H groups in total. The van der Waals surface area contributed by atoms with Crippen molar-refractivity contribution in [3.8, 4) is 11.5 Å². The first-order chi connectivity index (χ1) is 13.6. The third-order valence-electron chi connectivity index (χ3n) is 5.58. The molecule has 28 heavy (non-hydrogen) atoms. The minimum atomic E-state index is 0.0716. The zero-order valence-electron chi connectivity index (χ0n) is 17.4. The molecule has 0 aromatic heterocycles. The molecule has 0 radical (unpaired) electrons. The fourth-order valence-electron chi connectivity index (χ4n) is 3.94. The van der Waals surface area contributed by atoms with E-state index in [0.29, 0.717) is 47.4 Å². The lowest BCUT2D eigenvalue weighted by Crippen LogP contribution is -2.48. The molecule has 1 saturated carbocycles. The Bertz CT molecular complexity index is 670. The van der Waals surface area contributed by atoms with Gasteiger partial charge in [-0.2, -0.15) is 0 Å². The first-order valence-corrected chi connectivity index (χ1v) is 11.1. The molecule has 1 aliphatic heterocycles. The second-order valence-electron chi connectivity index (χ2n) is 7.68. The molecule has 1 aromatic carbocycles. The Hall–Kier alpha value is -1.46. The Labute approximate surface area is 173 Å². The maximum Gasteiger partial charge on any atom is 0.254 e. The molecule has 1 amide bonds. The van der Waals surface area contributed by atoms with Crippen LogP contribution in [0.15, 0.2) is 12.1 Å². The Morgan fingerprint density at radius 3 is 2.36 bits per heavy atom. The SMILES string of the molecule is CCCOc1c(Cl)cc(C(=O)N(C2CC2)C2CCN(CC)CC2)cc1OCC. The van der Waals surface area contributed by atoms with E-state index in [1.165, 1.54) is 0 Å². The van der Waals surface area contributed by atoms with E-state index in [-0.39, 0.29) is 5.91 Å². The summed E-state index contributed by atoms with van der Waals surface area (Å²) in [5.41, 5.74) is 0.599. The van der Waals surface area contributed by atoms with E-state index in [2.05, 4.69) is 16.7 Å². The van der Waals surface area contributed by atoms with Gasteiger partial charge in [0, 0.05) is 30.7 Å². The predicted octanol–water partition coefficient (Wildman–Crippen LogP) is 4.62. The highest BCUT2D eigenvalue weighted by Gasteiger charge is 2.39. The van der Waals surface area contributed by atoms with E-state index in [9.17, 15) is 4.79 Å². The van der Waals surface area contributed by atoms with Gasteiger partial charge in [0.1, 0.15) is 0 Å². The molecule has 0 unspecified atom stereocenters.